The molecule has 6 nitrogen and oxygen atoms in total. The number of unbranched alkanes of at least 4 members (excludes halogenated alkanes) is 17. The van der Waals surface area contributed by atoms with Crippen molar-refractivity contribution in [2.75, 3.05) is 6.54 Å². The minimum atomic E-state index is -0.770. The van der Waals surface area contributed by atoms with Gasteiger partial charge in [-0.25, -0.2) is 0 Å². The van der Waals surface area contributed by atoms with Gasteiger partial charge >= 0.3 is 0 Å². The first-order chi connectivity index (χ1) is 18.6. The fourth-order valence-electron chi connectivity index (χ4n) is 5.12. The number of nitrogens with one attached hydrogen (secondary N) is 2. The van der Waals surface area contributed by atoms with Crippen molar-refractivity contribution in [3.63, 3.8) is 0 Å². The summed E-state index contributed by atoms with van der Waals surface area (Å²) in [4.78, 5) is 36.1. The molecular weight excluding hydrogens is 474 g/mol. The van der Waals surface area contributed by atoms with E-state index in [4.69, 9.17) is 0 Å². The standard InChI is InChI=1S/C32H63N3O3/c1-4-7-9-11-13-15-17-18-20-22-25-29(24-6-3)32(37)33-28-27-30(35-38)34-31(36)26-23-21-19-16-14-12-10-8-5-2/h29-30H,4-28H2,1-3H3,(H,33,37)(H,34,36). The second-order valence-electron chi connectivity index (χ2n) is 11.3. The molecule has 2 amide bonds. The van der Waals surface area contributed by atoms with Crippen LogP contribution in [0.1, 0.15) is 175 Å². The van der Waals surface area contributed by atoms with E-state index in [-0.39, 0.29) is 17.7 Å². The molecule has 0 rings (SSSR count). The van der Waals surface area contributed by atoms with Crippen LogP contribution in [0.25, 0.3) is 0 Å². The molecule has 0 fully saturated rings. The zero-order chi connectivity index (χ0) is 28.1. The molecule has 224 valence electrons. The Morgan fingerprint density at radius 3 is 1.53 bits per heavy atom. The first-order valence-electron chi connectivity index (χ1n) is 16.5. The fraction of sp³-hybridized carbons (Fsp3) is 0.938. The Hall–Kier alpha value is -1.46. The van der Waals surface area contributed by atoms with E-state index in [0.29, 0.717) is 19.4 Å². The van der Waals surface area contributed by atoms with Gasteiger partial charge in [-0.1, -0.05) is 143 Å². The van der Waals surface area contributed by atoms with Gasteiger partial charge < -0.3 is 10.6 Å². The molecule has 0 aromatic rings. The van der Waals surface area contributed by atoms with Crippen molar-refractivity contribution < 1.29 is 9.59 Å². The van der Waals surface area contributed by atoms with Gasteiger partial charge in [0, 0.05) is 25.3 Å². The normalized spacial score (nSPS) is 12.7. The highest BCUT2D eigenvalue weighted by molar-refractivity contribution is 5.78. The van der Waals surface area contributed by atoms with Crippen LogP contribution >= 0.6 is 0 Å². The molecule has 6 heteroatoms. The maximum atomic E-state index is 12.7. The Morgan fingerprint density at radius 2 is 1.05 bits per heavy atom. The van der Waals surface area contributed by atoms with Gasteiger partial charge in [0.2, 0.25) is 11.8 Å². The molecule has 2 N–H and O–H groups in total. The quantitative estimate of drug-likeness (QED) is 0.0736. The molecule has 38 heavy (non-hydrogen) atoms. The van der Waals surface area contributed by atoms with Crippen molar-refractivity contribution in [3.05, 3.63) is 4.91 Å². The van der Waals surface area contributed by atoms with Crippen LogP contribution in [0, 0.1) is 10.8 Å². The van der Waals surface area contributed by atoms with Crippen LogP contribution in [0.15, 0.2) is 5.18 Å². The molecule has 0 bridgehead atoms. The molecule has 0 aliphatic heterocycles. The van der Waals surface area contributed by atoms with Crippen LogP contribution in [0.4, 0.5) is 0 Å². The highest BCUT2D eigenvalue weighted by atomic mass is 16.3. The largest absolute Gasteiger partial charge is 0.356 e. The zero-order valence-corrected chi connectivity index (χ0v) is 25.5. The number of amides is 2. The Labute approximate surface area is 235 Å². The summed E-state index contributed by atoms with van der Waals surface area (Å²) in [6, 6.07) is 0. The lowest BCUT2D eigenvalue weighted by atomic mass is 9.95. The second kappa shape index (κ2) is 28.5. The third kappa shape index (κ3) is 23.6. The topological polar surface area (TPSA) is 87.6 Å². The zero-order valence-electron chi connectivity index (χ0n) is 25.5. The molecule has 0 aliphatic rings. The Kier molecular flexibility index (Phi) is 27.4. The molecule has 2 unspecified atom stereocenters. The monoisotopic (exact) mass is 537 g/mol. The van der Waals surface area contributed by atoms with E-state index in [1.54, 1.807) is 0 Å². The molecule has 2 atom stereocenters. The van der Waals surface area contributed by atoms with Crippen LogP contribution in [0.2, 0.25) is 0 Å². The van der Waals surface area contributed by atoms with Crippen LogP contribution in [0.5, 0.6) is 0 Å². The van der Waals surface area contributed by atoms with Crippen molar-refractivity contribution >= 4 is 11.8 Å². The van der Waals surface area contributed by atoms with Gasteiger partial charge in [-0.05, 0) is 24.4 Å². The number of rotatable bonds is 29. The number of hydrogen-bond acceptors (Lipinski definition) is 4. The Morgan fingerprint density at radius 1 is 0.579 bits per heavy atom. The predicted octanol–water partition coefficient (Wildman–Crippen LogP) is 9.35. The van der Waals surface area contributed by atoms with Crippen molar-refractivity contribution in [1.82, 2.24) is 10.6 Å². The summed E-state index contributed by atoms with van der Waals surface area (Å²) in [6.07, 6.45) is 26.6. The van der Waals surface area contributed by atoms with Crippen LogP contribution in [0.3, 0.4) is 0 Å². The van der Waals surface area contributed by atoms with Crippen molar-refractivity contribution in [2.24, 2.45) is 11.1 Å². The van der Waals surface area contributed by atoms with Crippen LogP contribution in [-0.4, -0.2) is 24.5 Å². The third-order valence-corrected chi connectivity index (χ3v) is 7.59. The van der Waals surface area contributed by atoms with Crippen molar-refractivity contribution in [1.29, 1.82) is 0 Å². The van der Waals surface area contributed by atoms with E-state index in [0.717, 1.165) is 38.5 Å². The number of carbonyl (C=O) groups is 2. The lowest BCUT2D eigenvalue weighted by Crippen LogP contribution is -2.38. The van der Waals surface area contributed by atoms with Crippen LogP contribution < -0.4 is 10.6 Å². The Bertz CT molecular complexity index is 556. The molecule has 0 spiro atoms. The number of nitroso groups, excluding NO2 is 1. The minimum absolute atomic E-state index is 0.0397. The van der Waals surface area contributed by atoms with E-state index in [1.165, 1.54) is 103 Å². The molecule has 0 saturated heterocycles. The summed E-state index contributed by atoms with van der Waals surface area (Å²) in [5, 5.41) is 8.78. The van der Waals surface area contributed by atoms with Gasteiger partial charge in [0.05, 0.1) is 0 Å². The molecule has 0 heterocycles. The average Bonchev–Trinajstić information content (AvgIpc) is 2.91. The molecule has 0 aromatic carbocycles. The van der Waals surface area contributed by atoms with Gasteiger partial charge in [0.1, 0.15) is 0 Å². The van der Waals surface area contributed by atoms with E-state index >= 15 is 0 Å². The lowest BCUT2D eigenvalue weighted by molar-refractivity contribution is -0.125. The third-order valence-electron chi connectivity index (χ3n) is 7.59. The van der Waals surface area contributed by atoms with Crippen molar-refractivity contribution in [3.8, 4) is 0 Å². The van der Waals surface area contributed by atoms with Gasteiger partial charge in [-0.2, -0.15) is 0 Å². The Balaban J connectivity index is 3.95. The summed E-state index contributed by atoms with van der Waals surface area (Å²) in [6.45, 7) is 6.97. The van der Waals surface area contributed by atoms with Gasteiger partial charge in [0.25, 0.3) is 0 Å². The van der Waals surface area contributed by atoms with Gasteiger partial charge in [0.15, 0.2) is 6.17 Å². The maximum absolute atomic E-state index is 12.7. The molecule has 0 radical (unpaired) electrons. The SMILES string of the molecule is CCCCCCCCCCCCC(CCC)C(=O)NCCC(N=O)NC(=O)CCCCCCCCCCC. The van der Waals surface area contributed by atoms with Gasteiger partial charge in [-0.3, -0.25) is 9.59 Å². The summed E-state index contributed by atoms with van der Waals surface area (Å²) in [5.41, 5.74) is 0. The highest BCUT2D eigenvalue weighted by Gasteiger charge is 2.18. The summed E-state index contributed by atoms with van der Waals surface area (Å²) in [5.74, 6) is 0.0000510. The van der Waals surface area contributed by atoms with Crippen molar-refractivity contribution in [2.45, 2.75) is 181 Å². The summed E-state index contributed by atoms with van der Waals surface area (Å²) >= 11 is 0. The predicted molar refractivity (Wildman–Crippen MR) is 162 cm³/mol. The number of hydrogen-bond donors (Lipinski definition) is 2. The average molecular weight is 538 g/mol. The lowest BCUT2D eigenvalue weighted by Gasteiger charge is -2.17. The first kappa shape index (κ1) is 36.5. The molecule has 0 aromatic heterocycles. The molecule has 0 aliphatic carbocycles. The van der Waals surface area contributed by atoms with Gasteiger partial charge in [-0.15, -0.1) is 4.91 Å². The second-order valence-corrected chi connectivity index (χ2v) is 11.3. The first-order valence-corrected chi connectivity index (χ1v) is 16.5. The maximum Gasteiger partial charge on any atom is 0.223 e. The van der Waals surface area contributed by atoms with E-state index < -0.39 is 6.17 Å². The number of carbonyl (C=O) groups excluding carboxylic acids is 2. The van der Waals surface area contributed by atoms with Crippen LogP contribution in [-0.2, 0) is 9.59 Å². The smallest absolute Gasteiger partial charge is 0.223 e. The summed E-state index contributed by atoms with van der Waals surface area (Å²) in [7, 11) is 0. The minimum Gasteiger partial charge on any atom is -0.356 e. The fourth-order valence-corrected chi connectivity index (χ4v) is 5.12. The highest BCUT2D eigenvalue weighted by Crippen LogP contribution is 2.18. The van der Waals surface area contributed by atoms with E-state index in [1.807, 2.05) is 0 Å². The van der Waals surface area contributed by atoms with E-state index in [9.17, 15) is 14.5 Å². The molecular formula is C32H63N3O3. The number of nitrogens with zero attached hydrogens (tertiary/aromatic N) is 1. The molecule has 0 saturated carbocycles. The summed E-state index contributed by atoms with van der Waals surface area (Å²) < 4.78 is 0. The van der Waals surface area contributed by atoms with E-state index in [2.05, 4.69) is 36.6 Å².